The fraction of sp³-hybridized carbons (Fsp3) is 0.700. The van der Waals surface area contributed by atoms with Crippen molar-refractivity contribution in [3.63, 3.8) is 0 Å². The first kappa shape index (κ1) is 7.99. The molecule has 2 rings (SSSR count). The SMILES string of the molecule is CC1=C2C(CC1=O)OCC[C@H]2C. The zero-order valence-corrected chi connectivity index (χ0v) is 7.59. The number of hydrogen-bond donors (Lipinski definition) is 0. The van der Waals surface area contributed by atoms with E-state index in [1.54, 1.807) is 0 Å². The molecular formula is C10H14O2. The molecule has 0 aromatic carbocycles. The summed E-state index contributed by atoms with van der Waals surface area (Å²) < 4.78 is 5.53. The fourth-order valence-corrected chi connectivity index (χ4v) is 2.21. The number of ether oxygens (including phenoxy) is 1. The third-order valence-corrected chi connectivity index (χ3v) is 2.97. The summed E-state index contributed by atoms with van der Waals surface area (Å²) in [4.78, 5) is 11.3. The number of ketones is 1. The van der Waals surface area contributed by atoms with E-state index in [9.17, 15) is 4.79 Å². The molecule has 0 aromatic rings. The van der Waals surface area contributed by atoms with Gasteiger partial charge in [0.05, 0.1) is 6.10 Å². The van der Waals surface area contributed by atoms with Crippen LogP contribution in [0.25, 0.3) is 0 Å². The molecule has 0 bridgehead atoms. The van der Waals surface area contributed by atoms with Gasteiger partial charge in [-0.2, -0.15) is 0 Å². The van der Waals surface area contributed by atoms with Gasteiger partial charge in [-0.05, 0) is 30.4 Å². The fourth-order valence-electron chi connectivity index (χ4n) is 2.21. The molecule has 2 heteroatoms. The van der Waals surface area contributed by atoms with Gasteiger partial charge in [0.2, 0.25) is 0 Å². The van der Waals surface area contributed by atoms with Crippen LogP contribution in [-0.2, 0) is 9.53 Å². The lowest BCUT2D eigenvalue weighted by Crippen LogP contribution is -2.25. The van der Waals surface area contributed by atoms with Crippen LogP contribution in [0.1, 0.15) is 26.7 Å². The molecule has 0 amide bonds. The lowest BCUT2D eigenvalue weighted by molar-refractivity contribution is -0.116. The van der Waals surface area contributed by atoms with Crippen molar-refractivity contribution in [2.75, 3.05) is 6.61 Å². The van der Waals surface area contributed by atoms with Crippen molar-refractivity contribution < 1.29 is 9.53 Å². The van der Waals surface area contributed by atoms with Crippen molar-refractivity contribution in [1.29, 1.82) is 0 Å². The van der Waals surface area contributed by atoms with Crippen LogP contribution in [0.3, 0.4) is 0 Å². The molecule has 66 valence electrons. The summed E-state index contributed by atoms with van der Waals surface area (Å²) in [6, 6.07) is 0. The van der Waals surface area contributed by atoms with Gasteiger partial charge in [-0.3, -0.25) is 4.79 Å². The Bertz CT molecular complexity index is 253. The van der Waals surface area contributed by atoms with Gasteiger partial charge in [0, 0.05) is 13.0 Å². The maximum atomic E-state index is 11.3. The van der Waals surface area contributed by atoms with Crippen LogP contribution in [0, 0.1) is 5.92 Å². The highest BCUT2D eigenvalue weighted by Gasteiger charge is 2.35. The Hall–Kier alpha value is -0.630. The molecule has 0 spiro atoms. The van der Waals surface area contributed by atoms with Crippen molar-refractivity contribution in [2.24, 2.45) is 5.92 Å². The molecule has 0 N–H and O–H groups in total. The van der Waals surface area contributed by atoms with Crippen molar-refractivity contribution in [3.05, 3.63) is 11.1 Å². The monoisotopic (exact) mass is 166 g/mol. The number of fused-ring (bicyclic) bond motifs is 1. The second kappa shape index (κ2) is 2.70. The molecule has 1 heterocycles. The highest BCUT2D eigenvalue weighted by molar-refractivity contribution is 5.99. The summed E-state index contributed by atoms with van der Waals surface area (Å²) in [5, 5.41) is 0. The second-order valence-corrected chi connectivity index (χ2v) is 3.76. The normalized spacial score (nSPS) is 35.7. The van der Waals surface area contributed by atoms with E-state index in [0.717, 1.165) is 18.6 Å². The number of hydrogen-bond acceptors (Lipinski definition) is 2. The van der Waals surface area contributed by atoms with Crippen LogP contribution < -0.4 is 0 Å². The lowest BCUT2D eigenvalue weighted by Gasteiger charge is -2.27. The second-order valence-electron chi connectivity index (χ2n) is 3.76. The Labute approximate surface area is 72.6 Å². The van der Waals surface area contributed by atoms with E-state index >= 15 is 0 Å². The first-order valence-electron chi connectivity index (χ1n) is 4.55. The van der Waals surface area contributed by atoms with Crippen LogP contribution in [-0.4, -0.2) is 18.5 Å². The summed E-state index contributed by atoms with van der Waals surface area (Å²) in [5.41, 5.74) is 2.23. The molecule has 2 atom stereocenters. The highest BCUT2D eigenvalue weighted by atomic mass is 16.5. The minimum absolute atomic E-state index is 0.126. The predicted molar refractivity (Wildman–Crippen MR) is 45.8 cm³/mol. The third kappa shape index (κ3) is 1.02. The maximum absolute atomic E-state index is 11.3. The van der Waals surface area contributed by atoms with Crippen LogP contribution in [0.5, 0.6) is 0 Å². The van der Waals surface area contributed by atoms with Crippen molar-refractivity contribution >= 4 is 5.78 Å². The van der Waals surface area contributed by atoms with Crippen molar-refractivity contribution in [3.8, 4) is 0 Å². The largest absolute Gasteiger partial charge is 0.373 e. The first-order valence-corrected chi connectivity index (χ1v) is 4.55. The maximum Gasteiger partial charge on any atom is 0.161 e. The van der Waals surface area contributed by atoms with Crippen LogP contribution >= 0.6 is 0 Å². The molecule has 1 aliphatic carbocycles. The summed E-state index contributed by atoms with van der Waals surface area (Å²) in [6.45, 7) is 4.94. The number of rotatable bonds is 0. The van der Waals surface area contributed by atoms with E-state index < -0.39 is 0 Å². The Morgan fingerprint density at radius 1 is 1.50 bits per heavy atom. The first-order chi connectivity index (χ1) is 5.70. The summed E-state index contributed by atoms with van der Waals surface area (Å²) in [6.07, 6.45) is 1.78. The average molecular weight is 166 g/mol. The predicted octanol–water partition coefficient (Wildman–Crippen LogP) is 1.70. The number of carbonyl (C=O) groups excluding carboxylic acids is 1. The molecule has 2 aliphatic rings. The molecule has 1 aliphatic heterocycles. The van der Waals surface area contributed by atoms with Crippen LogP contribution in [0.2, 0.25) is 0 Å². The van der Waals surface area contributed by atoms with Gasteiger partial charge >= 0.3 is 0 Å². The van der Waals surface area contributed by atoms with E-state index in [0.29, 0.717) is 12.3 Å². The van der Waals surface area contributed by atoms with Crippen molar-refractivity contribution in [2.45, 2.75) is 32.8 Å². The zero-order valence-electron chi connectivity index (χ0n) is 7.59. The summed E-state index contributed by atoms with van der Waals surface area (Å²) in [5.74, 6) is 0.832. The summed E-state index contributed by atoms with van der Waals surface area (Å²) >= 11 is 0. The van der Waals surface area contributed by atoms with E-state index in [4.69, 9.17) is 4.74 Å². The molecule has 1 fully saturated rings. The zero-order chi connectivity index (χ0) is 8.72. The molecule has 1 saturated heterocycles. The van der Waals surface area contributed by atoms with Gasteiger partial charge in [-0.25, -0.2) is 0 Å². The van der Waals surface area contributed by atoms with E-state index in [-0.39, 0.29) is 11.9 Å². The van der Waals surface area contributed by atoms with Gasteiger partial charge in [0.25, 0.3) is 0 Å². The lowest BCUT2D eigenvalue weighted by atomic mass is 9.91. The highest BCUT2D eigenvalue weighted by Crippen LogP contribution is 2.36. The quantitative estimate of drug-likeness (QED) is 0.547. The molecule has 0 saturated carbocycles. The van der Waals surface area contributed by atoms with Crippen LogP contribution in [0.4, 0.5) is 0 Å². The topological polar surface area (TPSA) is 26.3 Å². The van der Waals surface area contributed by atoms with Gasteiger partial charge in [0.1, 0.15) is 0 Å². The number of carbonyl (C=O) groups is 1. The average Bonchev–Trinajstić information content (AvgIpc) is 2.29. The Balaban J connectivity index is 2.34. The van der Waals surface area contributed by atoms with E-state index in [1.807, 2.05) is 6.92 Å². The molecule has 1 unspecified atom stereocenters. The Morgan fingerprint density at radius 3 is 2.92 bits per heavy atom. The van der Waals surface area contributed by atoms with Gasteiger partial charge in [-0.15, -0.1) is 0 Å². The molecular weight excluding hydrogens is 152 g/mol. The van der Waals surface area contributed by atoms with Crippen LogP contribution in [0.15, 0.2) is 11.1 Å². The van der Waals surface area contributed by atoms with E-state index in [1.165, 1.54) is 5.57 Å². The standard InChI is InChI=1S/C10H14O2/c1-6-3-4-12-9-5-8(11)7(2)10(6)9/h6,9H,3-5H2,1-2H3/t6-,9?/m1/s1. The third-order valence-electron chi connectivity index (χ3n) is 2.97. The summed E-state index contributed by atoms with van der Waals surface area (Å²) in [7, 11) is 0. The van der Waals surface area contributed by atoms with Crippen molar-refractivity contribution in [1.82, 2.24) is 0 Å². The molecule has 2 nitrogen and oxygen atoms in total. The number of Topliss-reactive ketones (excluding diaryl/α,β-unsaturated/α-hetero) is 1. The van der Waals surface area contributed by atoms with E-state index in [2.05, 4.69) is 6.92 Å². The smallest absolute Gasteiger partial charge is 0.161 e. The van der Waals surface area contributed by atoms with Gasteiger partial charge < -0.3 is 4.74 Å². The molecule has 12 heavy (non-hydrogen) atoms. The Morgan fingerprint density at radius 2 is 2.25 bits per heavy atom. The minimum Gasteiger partial charge on any atom is -0.373 e. The minimum atomic E-state index is 0.126. The number of allylic oxidation sites excluding steroid dienone is 1. The van der Waals surface area contributed by atoms with Gasteiger partial charge in [-0.1, -0.05) is 6.92 Å². The van der Waals surface area contributed by atoms with Gasteiger partial charge in [0.15, 0.2) is 5.78 Å². The Kier molecular flexibility index (Phi) is 1.80. The molecule has 0 radical (unpaired) electrons. The molecule has 0 aromatic heterocycles.